The minimum atomic E-state index is 0.304. The first-order chi connectivity index (χ1) is 7.84. The largest absolute Gasteiger partial charge is 0.378 e. The van der Waals surface area contributed by atoms with E-state index in [0.29, 0.717) is 24.7 Å². The Morgan fingerprint density at radius 1 is 1.56 bits per heavy atom. The number of carbonyl (C=O) groups excluding carboxylic acids is 1. The zero-order valence-corrected chi connectivity index (χ0v) is 10.2. The van der Waals surface area contributed by atoms with E-state index in [1.807, 2.05) is 0 Å². The van der Waals surface area contributed by atoms with Crippen molar-refractivity contribution in [3.8, 4) is 0 Å². The van der Waals surface area contributed by atoms with Crippen LogP contribution in [0.4, 0.5) is 0 Å². The van der Waals surface area contributed by atoms with Gasteiger partial charge in [0, 0.05) is 30.5 Å². The lowest BCUT2D eigenvalue weighted by Gasteiger charge is -2.21. The molecule has 16 heavy (non-hydrogen) atoms. The van der Waals surface area contributed by atoms with E-state index in [1.165, 1.54) is 12.8 Å². The first kappa shape index (κ1) is 11.7. The highest BCUT2D eigenvalue weighted by atomic mass is 32.1. The molecule has 1 aromatic heterocycles. The average molecular weight is 239 g/mol. The van der Waals surface area contributed by atoms with Gasteiger partial charge in [-0.1, -0.05) is 0 Å². The Balaban J connectivity index is 1.67. The number of ether oxygens (including phenoxy) is 1. The van der Waals surface area contributed by atoms with Gasteiger partial charge in [0.1, 0.15) is 5.78 Å². The molecule has 0 amide bonds. The molecule has 88 valence electrons. The third-order valence-corrected chi connectivity index (χ3v) is 3.65. The van der Waals surface area contributed by atoms with Gasteiger partial charge in [0.15, 0.2) is 0 Å². The maximum absolute atomic E-state index is 11.7. The van der Waals surface area contributed by atoms with Crippen molar-refractivity contribution in [3.05, 3.63) is 16.6 Å². The number of nitrogens with zero attached hydrogens (tertiary/aromatic N) is 1. The summed E-state index contributed by atoms with van der Waals surface area (Å²) in [5, 5.41) is 0. The smallest absolute Gasteiger partial charge is 0.138 e. The predicted molar refractivity (Wildman–Crippen MR) is 63.7 cm³/mol. The quantitative estimate of drug-likeness (QED) is 0.793. The van der Waals surface area contributed by atoms with E-state index in [-0.39, 0.29) is 0 Å². The lowest BCUT2D eigenvalue weighted by molar-refractivity contribution is -0.119. The Morgan fingerprint density at radius 2 is 2.50 bits per heavy atom. The summed E-state index contributed by atoms with van der Waals surface area (Å²) in [7, 11) is 0. The summed E-state index contributed by atoms with van der Waals surface area (Å²) in [4.78, 5) is 16.7. The normalized spacial score (nSPS) is 20.9. The predicted octanol–water partition coefficient (Wildman–Crippen LogP) is 2.60. The van der Waals surface area contributed by atoms with Crippen molar-refractivity contribution < 1.29 is 9.53 Å². The maximum Gasteiger partial charge on any atom is 0.138 e. The van der Waals surface area contributed by atoms with Crippen molar-refractivity contribution >= 4 is 17.1 Å². The van der Waals surface area contributed by atoms with Crippen molar-refractivity contribution in [2.75, 3.05) is 6.61 Å². The third kappa shape index (κ3) is 3.68. The molecule has 0 aromatic carbocycles. The van der Waals surface area contributed by atoms with Gasteiger partial charge < -0.3 is 4.74 Å². The van der Waals surface area contributed by atoms with E-state index in [0.717, 1.165) is 24.3 Å². The Morgan fingerprint density at radius 3 is 3.19 bits per heavy atom. The standard InChI is InChI=1S/C12H17NO2S/c14-10(7-12-8-13-9-16-12)4-5-11-3-1-2-6-15-11/h8-9,11H,1-7H2. The van der Waals surface area contributed by atoms with Gasteiger partial charge in [-0.25, -0.2) is 0 Å². The maximum atomic E-state index is 11.7. The Hall–Kier alpha value is -0.740. The molecule has 1 fully saturated rings. The van der Waals surface area contributed by atoms with Crippen molar-refractivity contribution in [2.45, 2.75) is 44.6 Å². The number of aromatic nitrogens is 1. The molecule has 0 aliphatic carbocycles. The Kier molecular flexibility index (Phi) is 4.48. The van der Waals surface area contributed by atoms with Crippen LogP contribution in [-0.2, 0) is 16.0 Å². The van der Waals surface area contributed by atoms with Crippen LogP contribution in [-0.4, -0.2) is 23.5 Å². The molecule has 0 N–H and O–H groups in total. The highest BCUT2D eigenvalue weighted by molar-refractivity contribution is 7.09. The summed E-state index contributed by atoms with van der Waals surface area (Å²) in [6.45, 7) is 0.869. The fourth-order valence-corrected chi connectivity index (χ4v) is 2.59. The summed E-state index contributed by atoms with van der Waals surface area (Å²) in [5.74, 6) is 0.304. The van der Waals surface area contributed by atoms with Crippen LogP contribution in [0.25, 0.3) is 0 Å². The Labute approximate surface area is 99.8 Å². The number of Topliss-reactive ketones (excluding diaryl/α,β-unsaturated/α-hetero) is 1. The minimum absolute atomic E-state index is 0.304. The van der Waals surface area contributed by atoms with Gasteiger partial charge in [-0.05, 0) is 25.7 Å². The van der Waals surface area contributed by atoms with Crippen LogP contribution < -0.4 is 0 Å². The molecule has 1 saturated heterocycles. The van der Waals surface area contributed by atoms with Crippen LogP contribution in [0.2, 0.25) is 0 Å². The van der Waals surface area contributed by atoms with Crippen LogP contribution in [0, 0.1) is 0 Å². The number of rotatable bonds is 5. The van der Waals surface area contributed by atoms with Gasteiger partial charge in [0.05, 0.1) is 11.6 Å². The highest BCUT2D eigenvalue weighted by Gasteiger charge is 2.15. The number of thiazole rings is 1. The fraction of sp³-hybridized carbons (Fsp3) is 0.667. The Bertz CT molecular complexity index is 318. The molecule has 0 bridgehead atoms. The van der Waals surface area contributed by atoms with E-state index in [1.54, 1.807) is 23.0 Å². The molecule has 1 atom stereocenters. The molecule has 2 rings (SSSR count). The average Bonchev–Trinajstić information content (AvgIpc) is 2.81. The lowest BCUT2D eigenvalue weighted by Crippen LogP contribution is -2.20. The molecular weight excluding hydrogens is 222 g/mol. The fourth-order valence-electron chi connectivity index (χ4n) is 1.97. The molecular formula is C12H17NO2S. The molecule has 2 heterocycles. The zero-order valence-electron chi connectivity index (χ0n) is 9.35. The van der Waals surface area contributed by atoms with Crippen LogP contribution >= 0.6 is 11.3 Å². The summed E-state index contributed by atoms with van der Waals surface area (Å²) in [5.41, 5.74) is 1.77. The second-order valence-corrected chi connectivity index (χ2v) is 5.18. The van der Waals surface area contributed by atoms with Crippen LogP contribution in [0.15, 0.2) is 11.7 Å². The molecule has 3 nitrogen and oxygen atoms in total. The number of ketones is 1. The molecule has 1 unspecified atom stereocenters. The number of hydrogen-bond acceptors (Lipinski definition) is 4. The van der Waals surface area contributed by atoms with Gasteiger partial charge in [0.25, 0.3) is 0 Å². The monoisotopic (exact) mass is 239 g/mol. The second-order valence-electron chi connectivity index (χ2n) is 4.21. The van der Waals surface area contributed by atoms with E-state index in [2.05, 4.69) is 4.98 Å². The van der Waals surface area contributed by atoms with Crippen molar-refractivity contribution in [3.63, 3.8) is 0 Å². The van der Waals surface area contributed by atoms with E-state index in [4.69, 9.17) is 4.74 Å². The summed E-state index contributed by atoms with van der Waals surface area (Å²) in [6, 6.07) is 0. The molecule has 0 saturated carbocycles. The van der Waals surface area contributed by atoms with Crippen molar-refractivity contribution in [1.29, 1.82) is 0 Å². The van der Waals surface area contributed by atoms with Gasteiger partial charge >= 0.3 is 0 Å². The molecule has 4 heteroatoms. The topological polar surface area (TPSA) is 39.2 Å². The number of carbonyl (C=O) groups is 1. The summed E-state index contributed by atoms with van der Waals surface area (Å²) >= 11 is 1.55. The van der Waals surface area contributed by atoms with Crippen LogP contribution in [0.3, 0.4) is 0 Å². The van der Waals surface area contributed by atoms with Crippen LogP contribution in [0.5, 0.6) is 0 Å². The SMILES string of the molecule is O=C(CCC1CCCCO1)Cc1cncs1. The summed E-state index contributed by atoms with van der Waals surface area (Å²) in [6.07, 6.45) is 7.70. The van der Waals surface area contributed by atoms with Gasteiger partial charge in [-0.15, -0.1) is 11.3 Å². The van der Waals surface area contributed by atoms with Crippen molar-refractivity contribution in [2.24, 2.45) is 0 Å². The summed E-state index contributed by atoms with van der Waals surface area (Å²) < 4.78 is 5.60. The van der Waals surface area contributed by atoms with E-state index < -0.39 is 0 Å². The third-order valence-electron chi connectivity index (χ3n) is 2.87. The minimum Gasteiger partial charge on any atom is -0.378 e. The van der Waals surface area contributed by atoms with Gasteiger partial charge in [-0.2, -0.15) is 0 Å². The number of hydrogen-bond donors (Lipinski definition) is 0. The van der Waals surface area contributed by atoms with Crippen LogP contribution in [0.1, 0.15) is 37.0 Å². The van der Waals surface area contributed by atoms with Gasteiger partial charge in [0.2, 0.25) is 0 Å². The first-order valence-electron chi connectivity index (χ1n) is 5.85. The molecule has 0 radical (unpaired) electrons. The molecule has 1 aliphatic heterocycles. The van der Waals surface area contributed by atoms with E-state index in [9.17, 15) is 4.79 Å². The highest BCUT2D eigenvalue weighted by Crippen LogP contribution is 2.18. The first-order valence-corrected chi connectivity index (χ1v) is 6.73. The van der Waals surface area contributed by atoms with Crippen molar-refractivity contribution in [1.82, 2.24) is 4.98 Å². The molecule has 1 aromatic rings. The van der Waals surface area contributed by atoms with E-state index >= 15 is 0 Å². The van der Waals surface area contributed by atoms with Gasteiger partial charge in [-0.3, -0.25) is 9.78 Å². The zero-order chi connectivity index (χ0) is 11.2. The molecule has 0 spiro atoms. The molecule has 1 aliphatic rings. The lowest BCUT2D eigenvalue weighted by atomic mass is 10.0. The second kappa shape index (κ2) is 6.11.